The molecule has 0 spiro atoms. The molecule has 2 N–H and O–H groups in total. The molecule has 3 aliphatic rings. The van der Waals surface area contributed by atoms with Crippen LogP contribution in [0, 0.1) is 0 Å². The van der Waals surface area contributed by atoms with E-state index >= 15 is 0 Å². The number of nitrogens with one attached hydrogen (secondary N) is 1. The molecule has 198 valence electrons. The molecule has 38 heavy (non-hydrogen) atoms. The van der Waals surface area contributed by atoms with Gasteiger partial charge in [-0.2, -0.15) is 0 Å². The van der Waals surface area contributed by atoms with Gasteiger partial charge in [-0.25, -0.2) is 9.78 Å². The van der Waals surface area contributed by atoms with Crippen molar-refractivity contribution in [3.63, 3.8) is 0 Å². The van der Waals surface area contributed by atoms with Crippen LogP contribution < -0.4 is 5.32 Å². The highest BCUT2D eigenvalue weighted by atomic mass is 32.2. The second-order valence-corrected chi connectivity index (χ2v) is 12.7. The number of aromatic carboxylic acids is 1. The molecule has 12 heteroatoms. The van der Waals surface area contributed by atoms with Crippen molar-refractivity contribution in [2.75, 3.05) is 24.3 Å². The fraction of sp³-hybridized carbons (Fsp3) is 0.385. The Kier molecular flexibility index (Phi) is 7.08. The van der Waals surface area contributed by atoms with Gasteiger partial charge < -0.3 is 14.8 Å². The van der Waals surface area contributed by atoms with Crippen LogP contribution in [0.1, 0.15) is 53.3 Å². The van der Waals surface area contributed by atoms with E-state index in [-0.39, 0.29) is 11.6 Å². The highest BCUT2D eigenvalue weighted by molar-refractivity contribution is 8.17. The van der Waals surface area contributed by atoms with Crippen LogP contribution in [0.15, 0.2) is 55.8 Å². The molecule has 3 aliphatic heterocycles. The molecule has 2 aromatic rings. The third-order valence-electron chi connectivity index (χ3n) is 6.40. The molecule has 0 fully saturated rings. The van der Waals surface area contributed by atoms with Gasteiger partial charge in [0.05, 0.1) is 15.1 Å². The standard InChI is InChI=1S/C26H27N5O4S3/c1-24(21-28-17(19(32)27-4)18(35-21)20(33)34)12-37-23(30-24)26(3)14-38-22(31-26)25(2)13-36-16(29-25)11-10-15-8-6-5-7-9-15/h5-11H,12-14H2,1-4H3,(H,27,32)(H,33,34)/b11-10+/t24-,25-,26-/m0/s1. The van der Waals surface area contributed by atoms with Crippen LogP contribution in [0.2, 0.25) is 0 Å². The number of amides is 1. The topological polar surface area (TPSA) is 130 Å². The van der Waals surface area contributed by atoms with Gasteiger partial charge in [-0.15, -0.1) is 35.3 Å². The average Bonchev–Trinajstić information content (AvgIpc) is 3.69. The second kappa shape index (κ2) is 10.0. The number of carbonyl (C=O) groups is 2. The average molecular weight is 570 g/mol. The lowest BCUT2D eigenvalue weighted by Crippen LogP contribution is -2.33. The lowest BCUT2D eigenvalue weighted by molar-refractivity contribution is 0.0652. The van der Waals surface area contributed by atoms with Gasteiger partial charge >= 0.3 is 5.97 Å². The van der Waals surface area contributed by atoms with Gasteiger partial charge in [0.25, 0.3) is 5.91 Å². The number of thioether (sulfide) groups is 3. The van der Waals surface area contributed by atoms with Gasteiger partial charge in [0, 0.05) is 24.3 Å². The molecule has 0 unspecified atom stereocenters. The monoisotopic (exact) mass is 569 g/mol. The van der Waals surface area contributed by atoms with Crippen molar-refractivity contribution in [1.82, 2.24) is 10.3 Å². The van der Waals surface area contributed by atoms with Crippen molar-refractivity contribution >= 4 is 68.4 Å². The molecule has 0 bridgehead atoms. The van der Waals surface area contributed by atoms with Crippen LogP contribution in [0.25, 0.3) is 6.08 Å². The van der Waals surface area contributed by atoms with E-state index in [0.29, 0.717) is 5.75 Å². The number of carboxylic acids is 1. The van der Waals surface area contributed by atoms with E-state index in [9.17, 15) is 14.7 Å². The van der Waals surface area contributed by atoms with Crippen molar-refractivity contribution < 1.29 is 19.1 Å². The summed E-state index contributed by atoms with van der Waals surface area (Å²) in [4.78, 5) is 43.1. The molecular formula is C26H27N5O4S3. The summed E-state index contributed by atoms with van der Waals surface area (Å²) >= 11 is 4.99. The van der Waals surface area contributed by atoms with Gasteiger partial charge in [0.1, 0.15) is 16.6 Å². The summed E-state index contributed by atoms with van der Waals surface area (Å²) < 4.78 is 5.56. The van der Waals surface area contributed by atoms with E-state index in [2.05, 4.69) is 48.4 Å². The number of oxazole rings is 1. The summed E-state index contributed by atoms with van der Waals surface area (Å²) in [6.07, 6.45) is 4.13. The van der Waals surface area contributed by atoms with E-state index in [1.807, 2.05) is 25.1 Å². The summed E-state index contributed by atoms with van der Waals surface area (Å²) in [5.41, 5.74) is -0.983. The van der Waals surface area contributed by atoms with Crippen molar-refractivity contribution in [2.24, 2.45) is 15.0 Å². The van der Waals surface area contributed by atoms with E-state index < -0.39 is 34.3 Å². The summed E-state index contributed by atoms with van der Waals surface area (Å²) in [5.74, 6) is -0.310. The Bertz CT molecular complexity index is 1420. The first-order valence-corrected chi connectivity index (χ1v) is 14.9. The molecule has 9 nitrogen and oxygen atoms in total. The molecule has 0 radical (unpaired) electrons. The Hall–Kier alpha value is -2.83. The van der Waals surface area contributed by atoms with Crippen LogP contribution in [0.3, 0.4) is 0 Å². The van der Waals surface area contributed by atoms with Crippen molar-refractivity contribution in [3.05, 3.63) is 59.3 Å². The minimum absolute atomic E-state index is 0.105. The van der Waals surface area contributed by atoms with Crippen LogP contribution in [0.5, 0.6) is 0 Å². The summed E-state index contributed by atoms with van der Waals surface area (Å²) in [5, 5.41) is 14.7. The smallest absolute Gasteiger partial charge is 0.374 e. The first kappa shape index (κ1) is 26.8. The van der Waals surface area contributed by atoms with Gasteiger partial charge in [0.2, 0.25) is 11.7 Å². The molecule has 3 atom stereocenters. The van der Waals surface area contributed by atoms with Gasteiger partial charge in [-0.3, -0.25) is 19.8 Å². The Morgan fingerprint density at radius 3 is 2.18 bits per heavy atom. The molecule has 1 aromatic heterocycles. The number of aromatic nitrogens is 1. The van der Waals surface area contributed by atoms with E-state index in [0.717, 1.165) is 32.2 Å². The first-order valence-electron chi connectivity index (χ1n) is 11.9. The molecule has 0 saturated heterocycles. The maximum Gasteiger partial charge on any atom is 0.374 e. The molecule has 1 amide bonds. The number of hydrogen-bond acceptors (Lipinski definition) is 10. The second-order valence-electron chi connectivity index (χ2n) is 9.80. The zero-order valence-electron chi connectivity index (χ0n) is 21.3. The number of hydrogen-bond donors (Lipinski definition) is 2. The number of carbonyl (C=O) groups excluding carboxylic acids is 1. The van der Waals surface area contributed by atoms with E-state index in [1.165, 1.54) is 7.05 Å². The Balaban J connectivity index is 1.38. The SMILES string of the molecule is CNC(=O)c1nc([C@]2(C)CSC([C@]3(C)CSC([C@]4(C)CSC(/C=C/c5ccccc5)=N4)=N3)=N2)oc1C(=O)O. The number of rotatable bonds is 7. The molecule has 0 saturated carbocycles. The zero-order chi connectivity index (χ0) is 27.1. The van der Waals surface area contributed by atoms with E-state index in [4.69, 9.17) is 19.4 Å². The van der Waals surface area contributed by atoms with Gasteiger partial charge in [-0.05, 0) is 32.4 Å². The summed E-state index contributed by atoms with van der Waals surface area (Å²) in [7, 11) is 1.41. The quantitative estimate of drug-likeness (QED) is 0.494. The molecule has 4 heterocycles. The van der Waals surface area contributed by atoms with Crippen LogP contribution in [-0.4, -0.2) is 72.5 Å². The first-order chi connectivity index (χ1) is 18.1. The maximum absolute atomic E-state index is 12.1. The Morgan fingerprint density at radius 1 is 0.921 bits per heavy atom. The molecular weight excluding hydrogens is 543 g/mol. The predicted molar refractivity (Wildman–Crippen MR) is 156 cm³/mol. The van der Waals surface area contributed by atoms with Gasteiger partial charge in [-0.1, -0.05) is 36.4 Å². The van der Waals surface area contributed by atoms with Crippen LogP contribution in [-0.2, 0) is 5.54 Å². The maximum atomic E-state index is 12.1. The Labute approximate surface area is 233 Å². The van der Waals surface area contributed by atoms with Crippen molar-refractivity contribution in [1.29, 1.82) is 0 Å². The molecule has 1 aromatic carbocycles. The molecule has 0 aliphatic carbocycles. The summed E-state index contributed by atoms with van der Waals surface area (Å²) in [6, 6.07) is 10.2. The number of aliphatic imine (C=N–C) groups is 3. The zero-order valence-corrected chi connectivity index (χ0v) is 23.8. The van der Waals surface area contributed by atoms with Gasteiger partial charge in [0.15, 0.2) is 5.69 Å². The van der Waals surface area contributed by atoms with Crippen molar-refractivity contribution in [3.8, 4) is 0 Å². The lowest BCUT2D eigenvalue weighted by Gasteiger charge is -2.21. The van der Waals surface area contributed by atoms with Crippen LogP contribution in [0.4, 0.5) is 0 Å². The minimum Gasteiger partial charge on any atom is -0.475 e. The minimum atomic E-state index is -1.35. The highest BCUT2D eigenvalue weighted by Crippen LogP contribution is 2.46. The fourth-order valence-corrected chi connectivity index (χ4v) is 8.04. The number of nitrogens with zero attached hydrogens (tertiary/aromatic N) is 4. The number of benzene rings is 1. The normalized spacial score (nSPS) is 28.9. The highest BCUT2D eigenvalue weighted by Gasteiger charge is 2.49. The Morgan fingerprint density at radius 2 is 1.53 bits per heavy atom. The van der Waals surface area contributed by atoms with Crippen molar-refractivity contribution in [2.45, 2.75) is 37.4 Å². The largest absolute Gasteiger partial charge is 0.475 e. The third kappa shape index (κ3) is 4.96. The number of carboxylic acid groups (broad SMARTS) is 1. The van der Waals surface area contributed by atoms with Crippen LogP contribution >= 0.6 is 35.3 Å². The fourth-order valence-electron chi connectivity index (χ4n) is 4.18. The lowest BCUT2D eigenvalue weighted by atomic mass is 10.0. The third-order valence-corrected chi connectivity index (χ3v) is 10.6. The summed E-state index contributed by atoms with van der Waals surface area (Å²) in [6.45, 7) is 6.01. The molecule has 5 rings (SSSR count). The van der Waals surface area contributed by atoms with E-state index in [1.54, 1.807) is 35.3 Å². The predicted octanol–water partition coefficient (Wildman–Crippen LogP) is 4.61.